The van der Waals surface area contributed by atoms with Gasteiger partial charge in [-0.15, -0.1) is 0 Å². The predicted octanol–water partition coefficient (Wildman–Crippen LogP) is 3.05. The average molecular weight is 354 g/mol. The number of aryl methyl sites for hydroxylation is 1. The van der Waals surface area contributed by atoms with Crippen LogP contribution in [0.3, 0.4) is 0 Å². The minimum absolute atomic E-state index is 0.203. The molecule has 1 aliphatic heterocycles. The maximum Gasteiger partial charge on any atom is 0.137 e. The number of imidazole rings is 1. The Morgan fingerprint density at radius 3 is 2.77 bits per heavy atom. The topological polar surface area (TPSA) is 54.2 Å². The van der Waals surface area contributed by atoms with Gasteiger partial charge in [0.05, 0.1) is 5.52 Å². The van der Waals surface area contributed by atoms with E-state index < -0.39 is 6.10 Å². The fourth-order valence-electron chi connectivity index (χ4n) is 3.89. The van der Waals surface area contributed by atoms with E-state index in [1.54, 1.807) is 18.5 Å². The van der Waals surface area contributed by atoms with Crippen molar-refractivity contribution in [2.24, 2.45) is 13.0 Å². The molecule has 2 aromatic heterocycles. The van der Waals surface area contributed by atoms with Gasteiger partial charge in [-0.05, 0) is 55.6 Å². The van der Waals surface area contributed by atoms with Crippen molar-refractivity contribution in [3.05, 3.63) is 60.1 Å². The van der Waals surface area contributed by atoms with E-state index in [0.717, 1.165) is 48.2 Å². The van der Waals surface area contributed by atoms with Gasteiger partial charge in [0, 0.05) is 37.6 Å². The van der Waals surface area contributed by atoms with Crippen molar-refractivity contribution in [1.29, 1.82) is 0 Å². The summed E-state index contributed by atoms with van der Waals surface area (Å²) in [6.45, 7) is 2.42. The van der Waals surface area contributed by atoms with Crippen molar-refractivity contribution >= 4 is 10.9 Å². The number of benzene rings is 1. The fourth-order valence-corrected chi connectivity index (χ4v) is 3.89. The van der Waals surface area contributed by atoms with Crippen LogP contribution in [0.15, 0.2) is 42.9 Å². The molecule has 136 valence electrons. The average Bonchev–Trinajstić information content (AvgIpc) is 3.07. The van der Waals surface area contributed by atoms with E-state index in [0.29, 0.717) is 6.54 Å². The van der Waals surface area contributed by atoms with E-state index in [9.17, 15) is 9.50 Å². The predicted molar refractivity (Wildman–Crippen MR) is 97.9 cm³/mol. The van der Waals surface area contributed by atoms with Crippen LogP contribution >= 0.6 is 0 Å². The van der Waals surface area contributed by atoms with Gasteiger partial charge in [-0.2, -0.15) is 0 Å². The molecule has 1 unspecified atom stereocenters. The molecule has 5 nitrogen and oxygen atoms in total. The minimum atomic E-state index is -0.534. The van der Waals surface area contributed by atoms with E-state index in [2.05, 4.69) is 14.9 Å². The van der Waals surface area contributed by atoms with Crippen molar-refractivity contribution in [2.75, 3.05) is 13.1 Å². The first-order valence-corrected chi connectivity index (χ1v) is 9.02. The first-order chi connectivity index (χ1) is 12.6. The molecule has 0 spiro atoms. The van der Waals surface area contributed by atoms with Gasteiger partial charge in [0.1, 0.15) is 17.7 Å². The lowest BCUT2D eigenvalue weighted by atomic mass is 9.90. The summed E-state index contributed by atoms with van der Waals surface area (Å²) in [5.74, 6) is 0.707. The van der Waals surface area contributed by atoms with Gasteiger partial charge in [-0.1, -0.05) is 6.07 Å². The number of rotatable bonds is 4. The Kier molecular flexibility index (Phi) is 4.70. The van der Waals surface area contributed by atoms with E-state index >= 15 is 0 Å². The molecule has 4 rings (SSSR count). The van der Waals surface area contributed by atoms with Crippen molar-refractivity contribution in [1.82, 2.24) is 19.4 Å². The maximum absolute atomic E-state index is 13.9. The number of piperidine rings is 1. The van der Waals surface area contributed by atoms with Crippen molar-refractivity contribution in [2.45, 2.75) is 25.5 Å². The Morgan fingerprint density at radius 1 is 1.23 bits per heavy atom. The summed E-state index contributed by atoms with van der Waals surface area (Å²) in [5.41, 5.74) is 1.78. The first kappa shape index (κ1) is 17.1. The third-order valence-electron chi connectivity index (χ3n) is 5.34. The van der Waals surface area contributed by atoms with Gasteiger partial charge in [0.2, 0.25) is 0 Å². The number of aliphatic hydroxyl groups excluding tert-OH is 1. The summed E-state index contributed by atoms with van der Waals surface area (Å²) in [7, 11) is 1.91. The Balaban J connectivity index is 1.44. The largest absolute Gasteiger partial charge is 0.385 e. The second kappa shape index (κ2) is 7.13. The number of hydrogen-bond donors (Lipinski definition) is 1. The monoisotopic (exact) mass is 354 g/mol. The molecule has 26 heavy (non-hydrogen) atoms. The van der Waals surface area contributed by atoms with Gasteiger partial charge >= 0.3 is 0 Å². The van der Waals surface area contributed by atoms with Crippen LogP contribution in [0.25, 0.3) is 10.9 Å². The molecular weight excluding hydrogens is 331 g/mol. The van der Waals surface area contributed by atoms with Crippen LogP contribution in [0, 0.1) is 11.7 Å². The van der Waals surface area contributed by atoms with Crippen LogP contribution in [-0.4, -0.2) is 37.6 Å². The number of halogens is 1. The van der Waals surface area contributed by atoms with E-state index in [4.69, 9.17) is 0 Å². The molecule has 0 bridgehead atoms. The Hall–Kier alpha value is -2.31. The second-order valence-electron chi connectivity index (χ2n) is 7.09. The number of aromatic nitrogens is 3. The molecule has 1 saturated heterocycles. The standard InChI is InChI=1S/C20H23FN4O/c1-24-10-7-23-20(24)19(26)14-4-8-25(9-5-14)13-16-12-17(21)11-15-3-2-6-22-18(15)16/h2-3,6-7,10-12,14,19,26H,4-5,8-9,13H2,1H3. The minimum Gasteiger partial charge on any atom is -0.385 e. The van der Waals surface area contributed by atoms with Gasteiger partial charge in [0.15, 0.2) is 0 Å². The molecule has 3 aromatic rings. The third kappa shape index (κ3) is 3.34. The van der Waals surface area contributed by atoms with E-state index in [1.807, 2.05) is 29.9 Å². The van der Waals surface area contributed by atoms with Crippen molar-refractivity contribution in [3.63, 3.8) is 0 Å². The number of pyridine rings is 1. The summed E-state index contributed by atoms with van der Waals surface area (Å²) in [5, 5.41) is 11.4. The highest BCUT2D eigenvalue weighted by Crippen LogP contribution is 2.30. The smallest absolute Gasteiger partial charge is 0.137 e. The lowest BCUT2D eigenvalue weighted by Gasteiger charge is -2.34. The molecule has 0 amide bonds. The van der Waals surface area contributed by atoms with E-state index in [1.165, 1.54) is 6.07 Å². The summed E-state index contributed by atoms with van der Waals surface area (Å²) in [6.07, 6.45) is 6.59. The third-order valence-corrected chi connectivity index (χ3v) is 5.34. The molecule has 0 aliphatic carbocycles. The fraction of sp³-hybridized carbons (Fsp3) is 0.400. The zero-order valence-corrected chi connectivity index (χ0v) is 14.8. The lowest BCUT2D eigenvalue weighted by molar-refractivity contribution is 0.0493. The molecule has 0 saturated carbocycles. The quantitative estimate of drug-likeness (QED) is 0.782. The van der Waals surface area contributed by atoms with Crippen LogP contribution in [0.5, 0.6) is 0 Å². The molecular formula is C20H23FN4O. The molecule has 1 aliphatic rings. The number of likely N-dealkylation sites (tertiary alicyclic amines) is 1. The van der Waals surface area contributed by atoms with Gasteiger partial charge in [0.25, 0.3) is 0 Å². The Morgan fingerprint density at radius 2 is 2.04 bits per heavy atom. The molecule has 1 aromatic carbocycles. The van der Waals surface area contributed by atoms with Gasteiger partial charge in [-0.3, -0.25) is 9.88 Å². The van der Waals surface area contributed by atoms with Crippen LogP contribution in [0.4, 0.5) is 4.39 Å². The summed E-state index contributed by atoms with van der Waals surface area (Å²) >= 11 is 0. The Labute approximate surface area is 152 Å². The lowest BCUT2D eigenvalue weighted by Crippen LogP contribution is -2.35. The molecule has 0 radical (unpaired) electrons. The Bertz CT molecular complexity index is 902. The number of hydrogen-bond acceptors (Lipinski definition) is 4. The maximum atomic E-state index is 13.9. The van der Waals surface area contributed by atoms with Crippen molar-refractivity contribution in [3.8, 4) is 0 Å². The van der Waals surface area contributed by atoms with Crippen LogP contribution < -0.4 is 0 Å². The highest BCUT2D eigenvalue weighted by atomic mass is 19.1. The van der Waals surface area contributed by atoms with Crippen LogP contribution in [0.1, 0.15) is 30.3 Å². The number of nitrogens with zero attached hydrogens (tertiary/aromatic N) is 4. The summed E-state index contributed by atoms with van der Waals surface area (Å²) in [4.78, 5) is 11.0. The molecule has 1 N–H and O–H groups in total. The SMILES string of the molecule is Cn1ccnc1C(O)C1CCN(Cc2cc(F)cc3cccnc23)CC1. The molecule has 6 heteroatoms. The van der Waals surface area contributed by atoms with Gasteiger partial charge < -0.3 is 9.67 Å². The normalized spacial score (nSPS) is 17.7. The molecule has 1 fully saturated rings. The number of aliphatic hydroxyl groups is 1. The van der Waals surface area contributed by atoms with Crippen LogP contribution in [-0.2, 0) is 13.6 Å². The highest BCUT2D eigenvalue weighted by molar-refractivity contribution is 5.81. The molecule has 1 atom stereocenters. The number of fused-ring (bicyclic) bond motifs is 1. The summed E-state index contributed by atoms with van der Waals surface area (Å²) < 4.78 is 15.8. The van der Waals surface area contributed by atoms with Crippen molar-refractivity contribution < 1.29 is 9.50 Å². The van der Waals surface area contributed by atoms with Crippen LogP contribution in [0.2, 0.25) is 0 Å². The molecule has 3 heterocycles. The zero-order chi connectivity index (χ0) is 18.1. The highest BCUT2D eigenvalue weighted by Gasteiger charge is 2.28. The first-order valence-electron chi connectivity index (χ1n) is 9.02. The summed E-state index contributed by atoms with van der Waals surface area (Å²) in [6, 6.07) is 6.84. The van der Waals surface area contributed by atoms with Gasteiger partial charge in [-0.25, -0.2) is 9.37 Å². The second-order valence-corrected chi connectivity index (χ2v) is 7.09. The van der Waals surface area contributed by atoms with E-state index in [-0.39, 0.29) is 11.7 Å². The zero-order valence-electron chi connectivity index (χ0n) is 14.8.